The van der Waals surface area contributed by atoms with Gasteiger partial charge in [-0.05, 0) is 24.1 Å². The number of benzene rings is 1. The molecule has 0 aliphatic carbocycles. The maximum absolute atomic E-state index is 11.2. The predicted octanol–water partition coefficient (Wildman–Crippen LogP) is 3.47. The summed E-state index contributed by atoms with van der Waals surface area (Å²) in [4.78, 5) is 0. The van der Waals surface area contributed by atoms with E-state index >= 15 is 0 Å². The van der Waals surface area contributed by atoms with Crippen LogP contribution >= 0.6 is 26.6 Å². The fourth-order valence-electron chi connectivity index (χ4n) is 1.30. The molecular formula is C9H10BrClO2S. The highest BCUT2D eigenvalue weighted by molar-refractivity contribution is 9.10. The molecule has 0 N–H and O–H groups in total. The molecule has 1 unspecified atom stereocenters. The fourth-order valence-corrected chi connectivity index (χ4v) is 3.28. The van der Waals surface area contributed by atoms with E-state index in [2.05, 4.69) is 15.9 Å². The molecule has 0 saturated carbocycles. The summed E-state index contributed by atoms with van der Waals surface area (Å²) in [5.74, 6) is 0. The van der Waals surface area contributed by atoms with Gasteiger partial charge >= 0.3 is 0 Å². The van der Waals surface area contributed by atoms with Crippen LogP contribution in [0.25, 0.3) is 0 Å². The van der Waals surface area contributed by atoms with E-state index in [-0.39, 0.29) is 0 Å². The first kappa shape index (κ1) is 12.0. The molecule has 1 atom stereocenters. The molecular weight excluding hydrogens is 288 g/mol. The van der Waals surface area contributed by atoms with E-state index < -0.39 is 14.3 Å². The van der Waals surface area contributed by atoms with Crippen LogP contribution in [0.4, 0.5) is 0 Å². The minimum atomic E-state index is -3.53. The molecule has 0 radical (unpaired) electrons. The van der Waals surface area contributed by atoms with E-state index in [0.29, 0.717) is 6.42 Å². The quantitative estimate of drug-likeness (QED) is 0.801. The Morgan fingerprint density at radius 2 is 2.14 bits per heavy atom. The van der Waals surface area contributed by atoms with Gasteiger partial charge in [-0.25, -0.2) is 8.42 Å². The lowest BCUT2D eigenvalue weighted by atomic mass is 10.1. The van der Waals surface area contributed by atoms with Crippen molar-refractivity contribution in [3.8, 4) is 0 Å². The summed E-state index contributed by atoms with van der Waals surface area (Å²) in [5.41, 5.74) is 0.719. The van der Waals surface area contributed by atoms with Crippen molar-refractivity contribution in [1.82, 2.24) is 0 Å². The molecule has 1 rings (SSSR count). The van der Waals surface area contributed by atoms with Crippen molar-refractivity contribution >= 4 is 35.7 Å². The molecule has 0 saturated heterocycles. The third-order valence-corrected chi connectivity index (χ3v) is 4.35. The van der Waals surface area contributed by atoms with Gasteiger partial charge in [-0.2, -0.15) is 0 Å². The highest BCUT2D eigenvalue weighted by Gasteiger charge is 2.22. The molecule has 0 spiro atoms. The smallest absolute Gasteiger partial charge is 0.212 e. The lowest BCUT2D eigenvalue weighted by molar-refractivity contribution is 0.594. The van der Waals surface area contributed by atoms with Crippen LogP contribution in [0.1, 0.15) is 24.2 Å². The molecule has 0 aliphatic heterocycles. The number of rotatable bonds is 3. The van der Waals surface area contributed by atoms with Crippen molar-refractivity contribution in [2.24, 2.45) is 0 Å². The lowest BCUT2D eigenvalue weighted by Crippen LogP contribution is -2.05. The number of hydrogen-bond donors (Lipinski definition) is 0. The van der Waals surface area contributed by atoms with Gasteiger partial charge in [0.2, 0.25) is 9.05 Å². The van der Waals surface area contributed by atoms with Crippen molar-refractivity contribution in [3.05, 3.63) is 34.3 Å². The van der Waals surface area contributed by atoms with Gasteiger partial charge in [-0.15, -0.1) is 0 Å². The number of halogens is 2. The summed E-state index contributed by atoms with van der Waals surface area (Å²) in [6, 6.07) is 7.17. The summed E-state index contributed by atoms with van der Waals surface area (Å²) in [6.07, 6.45) is 0.474. The summed E-state index contributed by atoms with van der Waals surface area (Å²) in [5, 5.41) is -0.623. The zero-order chi connectivity index (χ0) is 10.8. The minimum absolute atomic E-state index is 0.474. The third kappa shape index (κ3) is 2.97. The van der Waals surface area contributed by atoms with Crippen LogP contribution in [-0.4, -0.2) is 8.42 Å². The Bertz CT molecular complexity index is 417. The van der Waals surface area contributed by atoms with E-state index in [1.165, 1.54) is 0 Å². The third-order valence-electron chi connectivity index (χ3n) is 1.93. The van der Waals surface area contributed by atoms with Gasteiger partial charge in [0.1, 0.15) is 5.25 Å². The molecule has 1 aromatic carbocycles. The van der Waals surface area contributed by atoms with E-state index in [9.17, 15) is 8.42 Å². The first-order chi connectivity index (χ1) is 6.45. The van der Waals surface area contributed by atoms with Gasteiger partial charge in [-0.1, -0.05) is 35.0 Å². The second-order valence-corrected chi connectivity index (χ2v) is 6.65. The van der Waals surface area contributed by atoms with Crippen molar-refractivity contribution in [2.75, 3.05) is 0 Å². The van der Waals surface area contributed by atoms with E-state index in [1.807, 2.05) is 6.07 Å². The maximum Gasteiger partial charge on any atom is 0.239 e. The van der Waals surface area contributed by atoms with Crippen molar-refractivity contribution in [3.63, 3.8) is 0 Å². The molecule has 0 aliphatic rings. The van der Waals surface area contributed by atoms with E-state index in [1.54, 1.807) is 25.1 Å². The SMILES string of the molecule is CCC(c1cccc(Br)c1)S(=O)(=O)Cl. The van der Waals surface area contributed by atoms with Crippen LogP contribution in [0.2, 0.25) is 0 Å². The van der Waals surface area contributed by atoms with Crippen LogP contribution < -0.4 is 0 Å². The zero-order valence-electron chi connectivity index (χ0n) is 7.57. The first-order valence-corrected chi connectivity index (χ1v) is 7.30. The second-order valence-electron chi connectivity index (χ2n) is 2.93. The molecule has 78 valence electrons. The summed E-state index contributed by atoms with van der Waals surface area (Å²) < 4.78 is 23.3. The van der Waals surface area contributed by atoms with Crippen LogP contribution in [0.3, 0.4) is 0 Å². The Hall–Kier alpha value is -0.0600. The van der Waals surface area contributed by atoms with Crippen LogP contribution in [0.15, 0.2) is 28.7 Å². The predicted molar refractivity (Wildman–Crippen MR) is 61.9 cm³/mol. The summed E-state index contributed by atoms with van der Waals surface area (Å²) >= 11 is 3.29. The standard InChI is InChI=1S/C9H10BrClO2S/c1-2-9(14(11,12)13)7-4-3-5-8(10)6-7/h3-6,9H,2H2,1H3. The number of hydrogen-bond acceptors (Lipinski definition) is 2. The Morgan fingerprint density at radius 3 is 2.57 bits per heavy atom. The highest BCUT2D eigenvalue weighted by atomic mass is 79.9. The summed E-state index contributed by atoms with van der Waals surface area (Å²) in [7, 11) is 1.81. The maximum atomic E-state index is 11.2. The Balaban J connectivity index is 3.14. The second kappa shape index (κ2) is 4.64. The Morgan fingerprint density at radius 1 is 1.50 bits per heavy atom. The van der Waals surface area contributed by atoms with Crippen molar-refractivity contribution < 1.29 is 8.42 Å². The zero-order valence-corrected chi connectivity index (χ0v) is 10.7. The lowest BCUT2D eigenvalue weighted by Gasteiger charge is -2.11. The molecule has 1 aromatic rings. The van der Waals surface area contributed by atoms with E-state index in [4.69, 9.17) is 10.7 Å². The highest BCUT2D eigenvalue weighted by Crippen LogP contribution is 2.30. The monoisotopic (exact) mass is 296 g/mol. The van der Waals surface area contributed by atoms with Gasteiger partial charge in [0, 0.05) is 15.2 Å². The molecule has 2 nitrogen and oxygen atoms in total. The normalized spacial score (nSPS) is 13.9. The average molecular weight is 298 g/mol. The molecule has 14 heavy (non-hydrogen) atoms. The van der Waals surface area contributed by atoms with Crippen LogP contribution in [0.5, 0.6) is 0 Å². The van der Waals surface area contributed by atoms with Crippen molar-refractivity contribution in [1.29, 1.82) is 0 Å². The molecule has 5 heteroatoms. The van der Waals surface area contributed by atoms with Gasteiger partial charge in [0.25, 0.3) is 0 Å². The van der Waals surface area contributed by atoms with Crippen LogP contribution in [-0.2, 0) is 9.05 Å². The topological polar surface area (TPSA) is 34.1 Å². The van der Waals surface area contributed by atoms with Crippen LogP contribution in [0, 0.1) is 0 Å². The molecule has 0 bridgehead atoms. The van der Waals surface area contributed by atoms with Crippen molar-refractivity contribution in [2.45, 2.75) is 18.6 Å². The average Bonchev–Trinajstić information content (AvgIpc) is 2.02. The Labute approximate surface area is 96.8 Å². The fraction of sp³-hybridized carbons (Fsp3) is 0.333. The Kier molecular flexibility index (Phi) is 3.98. The van der Waals surface area contributed by atoms with E-state index in [0.717, 1.165) is 10.0 Å². The first-order valence-electron chi connectivity index (χ1n) is 4.14. The van der Waals surface area contributed by atoms with Gasteiger partial charge < -0.3 is 0 Å². The molecule has 0 amide bonds. The minimum Gasteiger partial charge on any atom is -0.212 e. The van der Waals surface area contributed by atoms with Gasteiger partial charge in [0.15, 0.2) is 0 Å². The molecule has 0 aromatic heterocycles. The molecule has 0 fully saturated rings. The van der Waals surface area contributed by atoms with Gasteiger partial charge in [0.05, 0.1) is 0 Å². The van der Waals surface area contributed by atoms with Gasteiger partial charge in [-0.3, -0.25) is 0 Å². The summed E-state index contributed by atoms with van der Waals surface area (Å²) in [6.45, 7) is 1.80. The molecule has 0 heterocycles. The largest absolute Gasteiger partial charge is 0.239 e.